The van der Waals surface area contributed by atoms with Gasteiger partial charge in [-0.1, -0.05) is 12.1 Å². The van der Waals surface area contributed by atoms with Crippen molar-refractivity contribution < 1.29 is 9.13 Å². The van der Waals surface area contributed by atoms with E-state index in [4.69, 9.17) is 4.74 Å². The van der Waals surface area contributed by atoms with E-state index in [0.717, 1.165) is 17.5 Å². The third-order valence-corrected chi connectivity index (χ3v) is 2.56. The van der Waals surface area contributed by atoms with E-state index in [1.165, 1.54) is 0 Å². The second-order valence-corrected chi connectivity index (χ2v) is 3.85. The van der Waals surface area contributed by atoms with Gasteiger partial charge < -0.3 is 15.4 Å². The Morgan fingerprint density at radius 1 is 1.37 bits per heavy atom. The Labute approximate surface area is 110 Å². The monoisotopic (exact) mass is 262 g/mol. The summed E-state index contributed by atoms with van der Waals surface area (Å²) in [7, 11) is 3.29. The maximum absolute atomic E-state index is 13.5. The molecule has 2 rings (SSSR count). The van der Waals surface area contributed by atoms with Crippen LogP contribution >= 0.6 is 0 Å². The van der Waals surface area contributed by atoms with Gasteiger partial charge in [0.05, 0.1) is 13.3 Å². The molecule has 1 aromatic carbocycles. The molecule has 0 atom stereocenters. The molecule has 0 radical (unpaired) electrons. The maximum atomic E-state index is 13.5. The van der Waals surface area contributed by atoms with E-state index in [1.54, 1.807) is 14.2 Å². The third-order valence-electron chi connectivity index (χ3n) is 2.56. The topological polar surface area (TPSA) is 59.1 Å². The van der Waals surface area contributed by atoms with Gasteiger partial charge in [-0.3, -0.25) is 0 Å². The van der Waals surface area contributed by atoms with Gasteiger partial charge in [0.2, 0.25) is 5.95 Å². The summed E-state index contributed by atoms with van der Waals surface area (Å²) < 4.78 is 18.6. The Morgan fingerprint density at radius 3 is 2.95 bits per heavy atom. The van der Waals surface area contributed by atoms with Crippen molar-refractivity contribution in [1.82, 2.24) is 9.97 Å². The number of nitrogens with zero attached hydrogens (tertiary/aromatic N) is 2. The van der Waals surface area contributed by atoms with Crippen molar-refractivity contribution in [2.24, 2.45) is 0 Å². The van der Waals surface area contributed by atoms with E-state index < -0.39 is 5.82 Å². The average Bonchev–Trinajstić information content (AvgIpc) is 2.46. The quantitative estimate of drug-likeness (QED) is 0.865. The number of ether oxygens (including phenoxy) is 1. The number of aromatic nitrogens is 2. The van der Waals surface area contributed by atoms with Gasteiger partial charge in [-0.15, -0.1) is 0 Å². The summed E-state index contributed by atoms with van der Waals surface area (Å²) in [6, 6.07) is 7.54. The average molecular weight is 262 g/mol. The molecule has 2 aromatic rings. The first-order chi connectivity index (χ1) is 9.22. The SMILES string of the molecule is CNc1ncc(F)c(NCc2cccc(OC)c2)n1. The van der Waals surface area contributed by atoms with Gasteiger partial charge in [0, 0.05) is 13.6 Å². The van der Waals surface area contributed by atoms with Crippen LogP contribution in [0.1, 0.15) is 5.56 Å². The van der Waals surface area contributed by atoms with Crippen molar-refractivity contribution in [2.75, 3.05) is 24.8 Å². The van der Waals surface area contributed by atoms with E-state index in [2.05, 4.69) is 20.6 Å². The number of nitrogens with one attached hydrogen (secondary N) is 2. The molecule has 0 amide bonds. The molecule has 2 N–H and O–H groups in total. The first kappa shape index (κ1) is 13.1. The molecule has 0 saturated carbocycles. The normalized spacial score (nSPS) is 10.1. The van der Waals surface area contributed by atoms with Gasteiger partial charge in [0.15, 0.2) is 11.6 Å². The van der Waals surface area contributed by atoms with Crippen LogP contribution in [-0.2, 0) is 6.54 Å². The molecule has 19 heavy (non-hydrogen) atoms. The van der Waals surface area contributed by atoms with E-state index in [9.17, 15) is 4.39 Å². The molecule has 0 aliphatic carbocycles. The molecule has 0 aliphatic heterocycles. The minimum absolute atomic E-state index is 0.169. The van der Waals surface area contributed by atoms with E-state index in [1.807, 2.05) is 24.3 Å². The second-order valence-electron chi connectivity index (χ2n) is 3.85. The number of hydrogen-bond donors (Lipinski definition) is 2. The summed E-state index contributed by atoms with van der Waals surface area (Å²) in [5.41, 5.74) is 0.975. The van der Waals surface area contributed by atoms with Gasteiger partial charge in [0.1, 0.15) is 5.75 Å². The molecule has 100 valence electrons. The van der Waals surface area contributed by atoms with Crippen LogP contribution in [0, 0.1) is 5.82 Å². The summed E-state index contributed by atoms with van der Waals surface area (Å²) in [6.45, 7) is 0.453. The Kier molecular flexibility index (Phi) is 4.12. The van der Waals surface area contributed by atoms with Crippen LogP contribution in [0.3, 0.4) is 0 Å². The number of benzene rings is 1. The standard InChI is InChI=1S/C13H15FN4O/c1-15-13-17-8-11(14)12(18-13)16-7-9-4-3-5-10(6-9)19-2/h3-6,8H,7H2,1-2H3,(H2,15,16,17,18). The molecule has 0 aliphatic rings. The summed E-state index contributed by atoms with van der Waals surface area (Å²) in [4.78, 5) is 7.79. The predicted octanol–water partition coefficient (Wildman–Crippen LogP) is 2.28. The fourth-order valence-corrected chi connectivity index (χ4v) is 1.58. The van der Waals surface area contributed by atoms with Crippen molar-refractivity contribution in [1.29, 1.82) is 0 Å². The van der Waals surface area contributed by atoms with Crippen LogP contribution in [0.5, 0.6) is 5.75 Å². The van der Waals surface area contributed by atoms with Crippen LogP contribution in [0.4, 0.5) is 16.2 Å². The van der Waals surface area contributed by atoms with Crippen LogP contribution < -0.4 is 15.4 Å². The molecule has 1 heterocycles. The van der Waals surface area contributed by atoms with Crippen LogP contribution in [0.15, 0.2) is 30.5 Å². The molecule has 0 bridgehead atoms. The molecule has 6 heteroatoms. The van der Waals surface area contributed by atoms with Crippen LogP contribution in [-0.4, -0.2) is 24.1 Å². The highest BCUT2D eigenvalue weighted by Gasteiger charge is 2.06. The van der Waals surface area contributed by atoms with Gasteiger partial charge in [-0.05, 0) is 17.7 Å². The minimum atomic E-state index is -0.484. The summed E-state index contributed by atoms with van der Waals surface area (Å²) in [5.74, 6) is 0.817. The lowest BCUT2D eigenvalue weighted by Gasteiger charge is -2.09. The largest absolute Gasteiger partial charge is 0.497 e. The highest BCUT2D eigenvalue weighted by atomic mass is 19.1. The van der Waals surface area contributed by atoms with E-state index in [-0.39, 0.29) is 5.82 Å². The highest BCUT2D eigenvalue weighted by molar-refractivity contribution is 5.42. The van der Waals surface area contributed by atoms with Gasteiger partial charge >= 0.3 is 0 Å². The number of hydrogen-bond acceptors (Lipinski definition) is 5. The maximum Gasteiger partial charge on any atom is 0.224 e. The van der Waals surface area contributed by atoms with Crippen molar-refractivity contribution in [2.45, 2.75) is 6.54 Å². The molecular weight excluding hydrogens is 247 g/mol. The Balaban J connectivity index is 2.09. The number of rotatable bonds is 5. The molecule has 5 nitrogen and oxygen atoms in total. The fourth-order valence-electron chi connectivity index (χ4n) is 1.58. The fraction of sp³-hybridized carbons (Fsp3) is 0.231. The van der Waals surface area contributed by atoms with Crippen LogP contribution in [0.2, 0.25) is 0 Å². The van der Waals surface area contributed by atoms with Gasteiger partial charge in [0.25, 0.3) is 0 Å². The van der Waals surface area contributed by atoms with E-state index in [0.29, 0.717) is 12.5 Å². The zero-order chi connectivity index (χ0) is 13.7. The first-order valence-corrected chi connectivity index (χ1v) is 5.80. The zero-order valence-corrected chi connectivity index (χ0v) is 10.8. The summed E-state index contributed by atoms with van der Waals surface area (Å²) >= 11 is 0. The number of halogens is 1. The van der Waals surface area contributed by atoms with Gasteiger partial charge in [-0.2, -0.15) is 4.98 Å². The summed E-state index contributed by atoms with van der Waals surface area (Å²) in [6.07, 6.45) is 1.13. The molecular formula is C13H15FN4O. The molecule has 1 aromatic heterocycles. The van der Waals surface area contributed by atoms with Gasteiger partial charge in [-0.25, -0.2) is 9.37 Å². The van der Waals surface area contributed by atoms with Crippen molar-refractivity contribution in [3.8, 4) is 5.75 Å². The minimum Gasteiger partial charge on any atom is -0.497 e. The molecule has 0 unspecified atom stereocenters. The predicted molar refractivity (Wildman–Crippen MR) is 71.9 cm³/mol. The smallest absolute Gasteiger partial charge is 0.224 e. The lowest BCUT2D eigenvalue weighted by atomic mass is 10.2. The highest BCUT2D eigenvalue weighted by Crippen LogP contribution is 2.16. The Bertz CT molecular complexity index is 562. The lowest BCUT2D eigenvalue weighted by molar-refractivity contribution is 0.414. The molecule has 0 saturated heterocycles. The Morgan fingerprint density at radius 2 is 2.21 bits per heavy atom. The first-order valence-electron chi connectivity index (χ1n) is 5.80. The number of anilines is 2. The zero-order valence-electron chi connectivity index (χ0n) is 10.8. The second kappa shape index (κ2) is 5.99. The molecule has 0 fully saturated rings. The van der Waals surface area contributed by atoms with Crippen molar-refractivity contribution in [3.63, 3.8) is 0 Å². The van der Waals surface area contributed by atoms with Crippen LogP contribution in [0.25, 0.3) is 0 Å². The van der Waals surface area contributed by atoms with Crippen molar-refractivity contribution >= 4 is 11.8 Å². The molecule has 0 spiro atoms. The van der Waals surface area contributed by atoms with Crippen molar-refractivity contribution in [3.05, 3.63) is 41.8 Å². The lowest BCUT2D eigenvalue weighted by Crippen LogP contribution is -2.06. The Hall–Kier alpha value is -2.37. The van der Waals surface area contributed by atoms with E-state index >= 15 is 0 Å². The number of methoxy groups -OCH3 is 1. The summed E-state index contributed by atoms with van der Waals surface area (Å²) in [5, 5.41) is 5.70. The third kappa shape index (κ3) is 3.31.